The van der Waals surface area contributed by atoms with E-state index in [1.54, 1.807) is 0 Å². The van der Waals surface area contributed by atoms with Crippen molar-refractivity contribution in [3.05, 3.63) is 0 Å². The fourth-order valence-electron chi connectivity index (χ4n) is 2.05. The molecule has 0 saturated carbocycles. The van der Waals surface area contributed by atoms with E-state index in [1.807, 2.05) is 13.8 Å². The molecule has 0 aliphatic carbocycles. The lowest BCUT2D eigenvalue weighted by molar-refractivity contribution is -0.124. The van der Waals surface area contributed by atoms with Crippen LogP contribution < -0.4 is 10.6 Å². The molecule has 4 heteroatoms. The van der Waals surface area contributed by atoms with E-state index in [0.29, 0.717) is 25.3 Å². The molecule has 1 fully saturated rings. The van der Waals surface area contributed by atoms with Gasteiger partial charge in [0.1, 0.15) is 0 Å². The third kappa shape index (κ3) is 3.19. The van der Waals surface area contributed by atoms with Gasteiger partial charge in [-0.1, -0.05) is 20.8 Å². The van der Waals surface area contributed by atoms with Gasteiger partial charge < -0.3 is 15.7 Å². The normalized spacial score (nSPS) is 25.8. The minimum atomic E-state index is -0.752. The summed E-state index contributed by atoms with van der Waals surface area (Å²) in [7, 11) is 0. The van der Waals surface area contributed by atoms with E-state index in [1.165, 1.54) is 0 Å². The summed E-state index contributed by atoms with van der Waals surface area (Å²) in [4.78, 5) is 11.8. The van der Waals surface area contributed by atoms with Gasteiger partial charge in [-0.15, -0.1) is 0 Å². The molecule has 2 atom stereocenters. The first-order chi connectivity index (χ1) is 7.52. The fraction of sp³-hybridized carbons (Fsp3) is 0.917. The van der Waals surface area contributed by atoms with E-state index in [9.17, 15) is 9.90 Å². The molecule has 1 amide bonds. The molecule has 1 rings (SSSR count). The largest absolute Gasteiger partial charge is 0.388 e. The molecule has 1 heterocycles. The lowest BCUT2D eigenvalue weighted by atomic mass is 9.97. The van der Waals surface area contributed by atoms with Crippen LogP contribution in [0.5, 0.6) is 0 Å². The number of amides is 1. The van der Waals surface area contributed by atoms with Crippen molar-refractivity contribution in [2.45, 2.75) is 51.7 Å². The first kappa shape index (κ1) is 13.5. The number of aliphatic hydroxyl groups is 1. The number of carbonyl (C=O) groups is 1. The maximum Gasteiger partial charge on any atom is 0.237 e. The molecule has 16 heavy (non-hydrogen) atoms. The molecule has 0 bridgehead atoms. The highest BCUT2D eigenvalue weighted by Gasteiger charge is 2.31. The number of hydrogen-bond donors (Lipinski definition) is 3. The molecule has 4 nitrogen and oxygen atoms in total. The zero-order valence-electron chi connectivity index (χ0n) is 10.5. The molecule has 0 spiro atoms. The third-order valence-electron chi connectivity index (χ3n) is 3.72. The summed E-state index contributed by atoms with van der Waals surface area (Å²) in [6.07, 6.45) is 2.37. The van der Waals surface area contributed by atoms with Gasteiger partial charge in [0.05, 0.1) is 11.6 Å². The van der Waals surface area contributed by atoms with Crippen LogP contribution in [0.1, 0.15) is 40.0 Å². The Hall–Kier alpha value is -0.610. The van der Waals surface area contributed by atoms with Crippen molar-refractivity contribution in [2.75, 3.05) is 13.1 Å². The van der Waals surface area contributed by atoms with Crippen LogP contribution >= 0.6 is 0 Å². The Kier molecular flexibility index (Phi) is 4.74. The summed E-state index contributed by atoms with van der Waals surface area (Å²) in [5, 5.41) is 16.1. The van der Waals surface area contributed by atoms with Crippen LogP contribution in [0.2, 0.25) is 0 Å². The summed E-state index contributed by atoms with van der Waals surface area (Å²) in [5.74, 6) is 0.404. The smallest absolute Gasteiger partial charge is 0.237 e. The third-order valence-corrected chi connectivity index (χ3v) is 3.72. The van der Waals surface area contributed by atoms with Gasteiger partial charge in [0.25, 0.3) is 0 Å². The van der Waals surface area contributed by atoms with Crippen molar-refractivity contribution in [3.63, 3.8) is 0 Å². The van der Waals surface area contributed by atoms with Gasteiger partial charge in [0.2, 0.25) is 5.91 Å². The Bertz CT molecular complexity index is 239. The number of rotatable bonds is 5. The van der Waals surface area contributed by atoms with E-state index in [2.05, 4.69) is 17.6 Å². The standard InChI is InChI=1S/C12H24N2O2/c1-4-12(16,5-2)8-14-11(15)10-9(3)6-7-13-10/h9-10,13,16H,4-8H2,1-3H3,(H,14,15). The van der Waals surface area contributed by atoms with Gasteiger partial charge in [-0.25, -0.2) is 0 Å². The quantitative estimate of drug-likeness (QED) is 0.647. The molecule has 0 aromatic rings. The number of nitrogens with one attached hydrogen (secondary N) is 2. The lowest BCUT2D eigenvalue weighted by Gasteiger charge is -2.26. The molecule has 2 unspecified atom stereocenters. The molecule has 94 valence electrons. The average Bonchev–Trinajstić information content (AvgIpc) is 2.72. The highest BCUT2D eigenvalue weighted by atomic mass is 16.3. The van der Waals surface area contributed by atoms with Crippen molar-refractivity contribution >= 4 is 5.91 Å². The van der Waals surface area contributed by atoms with Crippen molar-refractivity contribution in [1.29, 1.82) is 0 Å². The van der Waals surface area contributed by atoms with Crippen LogP contribution in [-0.2, 0) is 4.79 Å². The SMILES string of the molecule is CCC(O)(CC)CNC(=O)C1NCCC1C. The monoisotopic (exact) mass is 228 g/mol. The van der Waals surface area contributed by atoms with Gasteiger partial charge in [0.15, 0.2) is 0 Å². The molecule has 0 aromatic heterocycles. The second kappa shape index (κ2) is 5.64. The first-order valence-electron chi connectivity index (χ1n) is 6.26. The van der Waals surface area contributed by atoms with Crippen molar-refractivity contribution in [1.82, 2.24) is 10.6 Å². The summed E-state index contributed by atoms with van der Waals surface area (Å²) in [6, 6.07) is -0.0852. The molecule has 3 N–H and O–H groups in total. The predicted molar refractivity (Wildman–Crippen MR) is 64.1 cm³/mol. The molecular weight excluding hydrogens is 204 g/mol. The van der Waals surface area contributed by atoms with E-state index in [4.69, 9.17) is 0 Å². The molecular formula is C12H24N2O2. The van der Waals surface area contributed by atoms with Gasteiger partial charge in [0, 0.05) is 6.54 Å². The van der Waals surface area contributed by atoms with Gasteiger partial charge in [-0.2, -0.15) is 0 Å². The van der Waals surface area contributed by atoms with Crippen LogP contribution in [0.4, 0.5) is 0 Å². The topological polar surface area (TPSA) is 61.4 Å². The molecule has 1 aliphatic heterocycles. The van der Waals surface area contributed by atoms with E-state index in [-0.39, 0.29) is 11.9 Å². The Morgan fingerprint density at radius 3 is 2.56 bits per heavy atom. The second-order valence-corrected chi connectivity index (χ2v) is 4.85. The van der Waals surface area contributed by atoms with E-state index < -0.39 is 5.60 Å². The summed E-state index contributed by atoms with van der Waals surface area (Å²) in [5.41, 5.74) is -0.752. The maximum absolute atomic E-state index is 11.8. The molecule has 1 saturated heterocycles. The van der Waals surface area contributed by atoms with Crippen LogP contribution in [0.15, 0.2) is 0 Å². The minimum Gasteiger partial charge on any atom is -0.388 e. The summed E-state index contributed by atoms with van der Waals surface area (Å²) < 4.78 is 0. The molecule has 0 radical (unpaired) electrons. The average molecular weight is 228 g/mol. The van der Waals surface area contributed by atoms with Crippen molar-refractivity contribution in [3.8, 4) is 0 Å². The number of hydrogen-bond acceptors (Lipinski definition) is 3. The molecule has 0 aromatic carbocycles. The Morgan fingerprint density at radius 2 is 2.12 bits per heavy atom. The zero-order chi connectivity index (χ0) is 12.2. The number of carbonyl (C=O) groups excluding carboxylic acids is 1. The van der Waals surface area contributed by atoms with Crippen LogP contribution in [0.25, 0.3) is 0 Å². The lowest BCUT2D eigenvalue weighted by Crippen LogP contribution is -2.49. The van der Waals surface area contributed by atoms with Gasteiger partial charge in [-0.05, 0) is 31.7 Å². The first-order valence-corrected chi connectivity index (χ1v) is 6.26. The summed E-state index contributed by atoms with van der Waals surface area (Å²) >= 11 is 0. The fourth-order valence-corrected chi connectivity index (χ4v) is 2.05. The molecule has 1 aliphatic rings. The summed E-state index contributed by atoms with van der Waals surface area (Å²) in [6.45, 7) is 7.21. The van der Waals surface area contributed by atoms with Crippen LogP contribution in [-0.4, -0.2) is 35.7 Å². The predicted octanol–water partition coefficient (Wildman–Crippen LogP) is 0.652. The zero-order valence-corrected chi connectivity index (χ0v) is 10.5. The van der Waals surface area contributed by atoms with Crippen LogP contribution in [0.3, 0.4) is 0 Å². The maximum atomic E-state index is 11.8. The van der Waals surface area contributed by atoms with E-state index in [0.717, 1.165) is 13.0 Å². The highest BCUT2D eigenvalue weighted by molar-refractivity contribution is 5.82. The second-order valence-electron chi connectivity index (χ2n) is 4.85. The van der Waals surface area contributed by atoms with Gasteiger partial charge >= 0.3 is 0 Å². The Balaban J connectivity index is 2.40. The van der Waals surface area contributed by atoms with Gasteiger partial charge in [-0.3, -0.25) is 4.79 Å². The van der Waals surface area contributed by atoms with E-state index >= 15 is 0 Å². The minimum absolute atomic E-state index is 0.0188. The van der Waals surface area contributed by atoms with Crippen LogP contribution in [0, 0.1) is 5.92 Å². The highest BCUT2D eigenvalue weighted by Crippen LogP contribution is 2.16. The Morgan fingerprint density at radius 1 is 1.50 bits per heavy atom. The van der Waals surface area contributed by atoms with Crippen molar-refractivity contribution < 1.29 is 9.90 Å². The van der Waals surface area contributed by atoms with Crippen molar-refractivity contribution in [2.24, 2.45) is 5.92 Å². The Labute approximate surface area is 97.8 Å².